The van der Waals surface area contributed by atoms with Crippen LogP contribution in [0.5, 0.6) is 0 Å². The second kappa shape index (κ2) is 6.55. The topological polar surface area (TPSA) is 45.4 Å². The molecule has 0 bridgehead atoms. The Bertz CT molecular complexity index is 414. The van der Waals surface area contributed by atoms with Crippen molar-refractivity contribution >= 4 is 17.4 Å². The Hall–Kier alpha value is -0.840. The van der Waals surface area contributed by atoms with Gasteiger partial charge in [-0.2, -0.15) is 0 Å². The number of piperazine rings is 1. The molecule has 0 amide bonds. The molecule has 0 spiro atoms. The summed E-state index contributed by atoms with van der Waals surface area (Å²) in [5, 5.41) is 0.709. The van der Waals surface area contributed by atoms with Gasteiger partial charge in [0, 0.05) is 45.5 Å². The number of halogens is 1. The molecule has 1 aliphatic rings. The number of nitrogens with two attached hydrogens (primary N) is 1. The van der Waals surface area contributed by atoms with E-state index >= 15 is 0 Å². The molecule has 2 heterocycles. The van der Waals surface area contributed by atoms with Crippen LogP contribution in [0.4, 0.5) is 5.82 Å². The smallest absolute Gasteiger partial charge is 0.147 e. The zero-order valence-corrected chi connectivity index (χ0v) is 12.5. The van der Waals surface area contributed by atoms with E-state index in [1.165, 1.54) is 6.54 Å². The molecule has 106 valence electrons. The summed E-state index contributed by atoms with van der Waals surface area (Å²) < 4.78 is 0. The molecule has 1 aromatic heterocycles. The highest BCUT2D eigenvalue weighted by molar-refractivity contribution is 6.33. The van der Waals surface area contributed by atoms with Gasteiger partial charge in [0.05, 0.1) is 5.02 Å². The second-order valence-electron chi connectivity index (χ2n) is 5.53. The van der Waals surface area contributed by atoms with Crippen LogP contribution in [0.3, 0.4) is 0 Å². The largest absolute Gasteiger partial charge is 0.353 e. The zero-order valence-electron chi connectivity index (χ0n) is 11.8. The Morgan fingerprint density at radius 3 is 2.53 bits per heavy atom. The van der Waals surface area contributed by atoms with Gasteiger partial charge in [-0.25, -0.2) is 4.98 Å². The maximum absolute atomic E-state index is 6.29. The SMILES string of the molecule is CC(C)CN1CCN(c2ncc(CN)cc2Cl)CC1. The Kier molecular flexibility index (Phi) is 5.02. The fraction of sp³-hybridized carbons (Fsp3) is 0.643. The highest BCUT2D eigenvalue weighted by Gasteiger charge is 2.20. The normalized spacial score (nSPS) is 17.2. The van der Waals surface area contributed by atoms with Gasteiger partial charge < -0.3 is 10.6 Å². The molecule has 0 aliphatic carbocycles. The summed E-state index contributed by atoms with van der Waals surface area (Å²) in [6.45, 7) is 10.3. The van der Waals surface area contributed by atoms with E-state index in [0.717, 1.165) is 43.5 Å². The van der Waals surface area contributed by atoms with Crippen molar-refractivity contribution in [2.24, 2.45) is 11.7 Å². The number of nitrogens with zero attached hydrogens (tertiary/aromatic N) is 3. The highest BCUT2D eigenvalue weighted by Crippen LogP contribution is 2.25. The number of aromatic nitrogens is 1. The Morgan fingerprint density at radius 2 is 2.00 bits per heavy atom. The van der Waals surface area contributed by atoms with Crippen LogP contribution in [0, 0.1) is 5.92 Å². The lowest BCUT2D eigenvalue weighted by Gasteiger charge is -2.36. The van der Waals surface area contributed by atoms with Crippen LogP contribution in [0.2, 0.25) is 5.02 Å². The summed E-state index contributed by atoms with van der Waals surface area (Å²) in [6.07, 6.45) is 1.82. The van der Waals surface area contributed by atoms with E-state index < -0.39 is 0 Å². The monoisotopic (exact) mass is 282 g/mol. The lowest BCUT2D eigenvalue weighted by Crippen LogP contribution is -2.47. The summed E-state index contributed by atoms with van der Waals surface area (Å²) in [7, 11) is 0. The minimum Gasteiger partial charge on any atom is -0.353 e. The molecule has 1 aromatic rings. The quantitative estimate of drug-likeness (QED) is 0.917. The number of hydrogen-bond acceptors (Lipinski definition) is 4. The predicted molar refractivity (Wildman–Crippen MR) is 80.6 cm³/mol. The summed E-state index contributed by atoms with van der Waals surface area (Å²) >= 11 is 6.29. The standard InChI is InChI=1S/C14H23ClN4/c1-11(2)10-18-3-5-19(6-4-18)14-13(15)7-12(8-16)9-17-14/h7,9,11H,3-6,8,10,16H2,1-2H3. The van der Waals surface area contributed by atoms with Crippen molar-refractivity contribution in [2.75, 3.05) is 37.6 Å². The molecule has 0 radical (unpaired) electrons. The van der Waals surface area contributed by atoms with E-state index in [2.05, 4.69) is 28.6 Å². The third kappa shape index (κ3) is 3.81. The van der Waals surface area contributed by atoms with Crippen molar-refractivity contribution in [1.29, 1.82) is 0 Å². The van der Waals surface area contributed by atoms with Gasteiger partial charge in [0.2, 0.25) is 0 Å². The molecular weight excluding hydrogens is 260 g/mol. The third-order valence-corrected chi connectivity index (χ3v) is 3.69. The van der Waals surface area contributed by atoms with Crippen molar-refractivity contribution in [3.8, 4) is 0 Å². The Morgan fingerprint density at radius 1 is 1.32 bits per heavy atom. The van der Waals surface area contributed by atoms with Gasteiger partial charge in [-0.15, -0.1) is 0 Å². The van der Waals surface area contributed by atoms with Crippen molar-refractivity contribution in [1.82, 2.24) is 9.88 Å². The molecule has 1 saturated heterocycles. The van der Waals surface area contributed by atoms with Crippen molar-refractivity contribution in [3.63, 3.8) is 0 Å². The van der Waals surface area contributed by atoms with Gasteiger partial charge in [-0.3, -0.25) is 4.90 Å². The molecule has 1 aliphatic heterocycles. The number of rotatable bonds is 4. The molecule has 0 unspecified atom stereocenters. The van der Waals surface area contributed by atoms with E-state index in [9.17, 15) is 0 Å². The number of hydrogen-bond donors (Lipinski definition) is 1. The van der Waals surface area contributed by atoms with Gasteiger partial charge in [0.25, 0.3) is 0 Å². The van der Waals surface area contributed by atoms with Crippen molar-refractivity contribution in [2.45, 2.75) is 20.4 Å². The number of pyridine rings is 1. The zero-order chi connectivity index (χ0) is 13.8. The minimum absolute atomic E-state index is 0.481. The number of anilines is 1. The fourth-order valence-electron chi connectivity index (χ4n) is 2.47. The molecule has 0 aromatic carbocycles. The average Bonchev–Trinajstić information content (AvgIpc) is 2.39. The summed E-state index contributed by atoms with van der Waals surface area (Å²) in [5.74, 6) is 1.61. The first kappa shape index (κ1) is 14.6. The van der Waals surface area contributed by atoms with E-state index in [-0.39, 0.29) is 0 Å². The van der Waals surface area contributed by atoms with Gasteiger partial charge in [0.1, 0.15) is 5.82 Å². The lowest BCUT2D eigenvalue weighted by atomic mass is 10.2. The van der Waals surface area contributed by atoms with Crippen LogP contribution in [0.1, 0.15) is 19.4 Å². The van der Waals surface area contributed by atoms with Gasteiger partial charge in [-0.1, -0.05) is 25.4 Å². The Labute approximate surface area is 120 Å². The van der Waals surface area contributed by atoms with Gasteiger partial charge >= 0.3 is 0 Å². The lowest BCUT2D eigenvalue weighted by molar-refractivity contribution is 0.231. The maximum atomic E-state index is 6.29. The average molecular weight is 283 g/mol. The second-order valence-corrected chi connectivity index (χ2v) is 5.94. The van der Waals surface area contributed by atoms with Crippen LogP contribution in [-0.4, -0.2) is 42.6 Å². The summed E-state index contributed by atoms with van der Waals surface area (Å²) in [5.41, 5.74) is 6.57. The summed E-state index contributed by atoms with van der Waals surface area (Å²) in [4.78, 5) is 9.22. The molecule has 19 heavy (non-hydrogen) atoms. The molecule has 1 fully saturated rings. The molecule has 0 atom stereocenters. The van der Waals surface area contributed by atoms with Gasteiger partial charge in [-0.05, 0) is 17.5 Å². The van der Waals surface area contributed by atoms with Crippen LogP contribution >= 0.6 is 11.6 Å². The van der Waals surface area contributed by atoms with E-state index in [0.29, 0.717) is 11.6 Å². The van der Waals surface area contributed by atoms with Gasteiger partial charge in [0.15, 0.2) is 0 Å². The van der Waals surface area contributed by atoms with Crippen molar-refractivity contribution in [3.05, 3.63) is 22.8 Å². The summed E-state index contributed by atoms with van der Waals surface area (Å²) in [6, 6.07) is 1.92. The molecule has 0 saturated carbocycles. The van der Waals surface area contributed by atoms with E-state index in [1.54, 1.807) is 0 Å². The first-order valence-corrected chi connectivity index (χ1v) is 7.29. The van der Waals surface area contributed by atoms with E-state index in [1.807, 2.05) is 12.3 Å². The van der Waals surface area contributed by atoms with E-state index in [4.69, 9.17) is 17.3 Å². The first-order valence-electron chi connectivity index (χ1n) is 6.92. The third-order valence-electron chi connectivity index (χ3n) is 3.41. The molecule has 5 heteroatoms. The first-order chi connectivity index (χ1) is 9.10. The Balaban J connectivity index is 1.97. The van der Waals surface area contributed by atoms with Crippen LogP contribution in [-0.2, 0) is 6.54 Å². The highest BCUT2D eigenvalue weighted by atomic mass is 35.5. The van der Waals surface area contributed by atoms with Crippen LogP contribution < -0.4 is 10.6 Å². The molecular formula is C14H23ClN4. The molecule has 2 rings (SSSR count). The molecule has 4 nitrogen and oxygen atoms in total. The maximum Gasteiger partial charge on any atom is 0.147 e. The molecule has 2 N–H and O–H groups in total. The van der Waals surface area contributed by atoms with Crippen molar-refractivity contribution < 1.29 is 0 Å². The predicted octanol–water partition coefficient (Wildman–Crippen LogP) is 1.97. The fourth-order valence-corrected chi connectivity index (χ4v) is 2.78. The van der Waals surface area contributed by atoms with Crippen LogP contribution in [0.25, 0.3) is 0 Å². The van der Waals surface area contributed by atoms with Crippen LogP contribution in [0.15, 0.2) is 12.3 Å². The minimum atomic E-state index is 0.481.